The van der Waals surface area contributed by atoms with Gasteiger partial charge in [0.25, 0.3) is 0 Å². The van der Waals surface area contributed by atoms with Gasteiger partial charge in [0.05, 0.1) is 6.61 Å². The highest BCUT2D eigenvalue weighted by Gasteiger charge is 2.17. The summed E-state index contributed by atoms with van der Waals surface area (Å²) in [6.07, 6.45) is 61.6. The molecule has 352 valence electrons. The third-order valence-electron chi connectivity index (χ3n) is 11.6. The number of hydrogen-bond acceptors (Lipinski definition) is 5. The fraction of sp³-hybridized carbons (Fsp3) is 0.855. The molecular formula is C55H102O5. The van der Waals surface area contributed by atoms with Gasteiger partial charge >= 0.3 is 11.9 Å². The van der Waals surface area contributed by atoms with Crippen molar-refractivity contribution in [1.82, 2.24) is 0 Å². The van der Waals surface area contributed by atoms with E-state index in [1.54, 1.807) is 0 Å². The molecule has 5 heteroatoms. The minimum atomic E-state index is -0.541. The number of unbranched alkanes of at least 4 members (excludes halogenated alkanes) is 32. The highest BCUT2D eigenvalue weighted by Crippen LogP contribution is 2.16. The number of hydrogen-bond donors (Lipinski definition) is 0. The molecule has 0 saturated heterocycles. The molecule has 0 radical (unpaired) electrons. The monoisotopic (exact) mass is 843 g/mol. The summed E-state index contributed by atoms with van der Waals surface area (Å²) in [7, 11) is 0. The molecule has 0 amide bonds. The van der Waals surface area contributed by atoms with E-state index in [1.165, 1.54) is 180 Å². The first kappa shape index (κ1) is 58.1. The molecule has 0 aromatic carbocycles. The summed E-state index contributed by atoms with van der Waals surface area (Å²) in [5, 5.41) is 0. The summed E-state index contributed by atoms with van der Waals surface area (Å²) in [5.41, 5.74) is 0. The molecule has 1 unspecified atom stereocenters. The number of carbonyl (C=O) groups is 2. The number of rotatable bonds is 49. The Labute approximate surface area is 374 Å². The van der Waals surface area contributed by atoms with Crippen molar-refractivity contribution < 1.29 is 23.8 Å². The van der Waals surface area contributed by atoms with Crippen LogP contribution in [-0.2, 0) is 23.8 Å². The third-order valence-corrected chi connectivity index (χ3v) is 11.6. The standard InChI is InChI=1S/C55H102O5/c1-4-7-10-13-16-19-22-24-25-26-27-28-29-30-32-35-38-41-44-47-50-58-51-53(60-55(57)49-46-43-40-37-33-21-18-15-12-9-6-3)52-59-54(56)48-45-42-39-36-34-31-23-20-17-14-11-8-5-2/h11,14-15,18,20,23,53H,4-10,12-13,16-17,19,21-22,24-52H2,1-3H3/b14-11-,18-15-,23-20-. The van der Waals surface area contributed by atoms with Crippen molar-refractivity contribution in [3.8, 4) is 0 Å². The number of esters is 2. The van der Waals surface area contributed by atoms with Crippen LogP contribution in [0.3, 0.4) is 0 Å². The van der Waals surface area contributed by atoms with Crippen LogP contribution in [0.4, 0.5) is 0 Å². The van der Waals surface area contributed by atoms with E-state index in [-0.39, 0.29) is 25.2 Å². The summed E-state index contributed by atoms with van der Waals surface area (Å²) in [5.74, 6) is -0.412. The normalized spacial score (nSPS) is 12.4. The zero-order chi connectivity index (χ0) is 43.5. The van der Waals surface area contributed by atoms with Crippen molar-refractivity contribution in [3.05, 3.63) is 36.5 Å². The Morgan fingerprint density at radius 1 is 0.367 bits per heavy atom. The Morgan fingerprint density at radius 2 is 0.750 bits per heavy atom. The predicted octanol–water partition coefficient (Wildman–Crippen LogP) is 17.8. The third kappa shape index (κ3) is 48.8. The van der Waals surface area contributed by atoms with Crippen LogP contribution in [0.15, 0.2) is 36.5 Å². The minimum absolute atomic E-state index is 0.0789. The van der Waals surface area contributed by atoms with Gasteiger partial charge in [-0.3, -0.25) is 9.59 Å². The Balaban J connectivity index is 4.16. The summed E-state index contributed by atoms with van der Waals surface area (Å²) < 4.78 is 17.4. The van der Waals surface area contributed by atoms with Gasteiger partial charge in [0.2, 0.25) is 0 Å². The first-order valence-electron chi connectivity index (χ1n) is 26.5. The smallest absolute Gasteiger partial charge is 0.306 e. The van der Waals surface area contributed by atoms with E-state index >= 15 is 0 Å². The van der Waals surface area contributed by atoms with E-state index in [2.05, 4.69) is 57.2 Å². The van der Waals surface area contributed by atoms with Gasteiger partial charge < -0.3 is 14.2 Å². The van der Waals surface area contributed by atoms with Gasteiger partial charge in [-0.25, -0.2) is 0 Å². The minimum Gasteiger partial charge on any atom is -0.462 e. The van der Waals surface area contributed by atoms with E-state index in [0.29, 0.717) is 19.4 Å². The van der Waals surface area contributed by atoms with Crippen LogP contribution in [0.25, 0.3) is 0 Å². The average molecular weight is 843 g/mol. The second-order valence-electron chi connectivity index (χ2n) is 17.8. The molecule has 0 aliphatic rings. The van der Waals surface area contributed by atoms with Crippen molar-refractivity contribution in [2.75, 3.05) is 19.8 Å². The molecule has 0 spiro atoms. The maximum absolute atomic E-state index is 12.8. The lowest BCUT2D eigenvalue weighted by Crippen LogP contribution is -2.30. The largest absolute Gasteiger partial charge is 0.462 e. The van der Waals surface area contributed by atoms with Crippen LogP contribution in [0.1, 0.15) is 278 Å². The maximum Gasteiger partial charge on any atom is 0.306 e. The van der Waals surface area contributed by atoms with Crippen LogP contribution < -0.4 is 0 Å². The van der Waals surface area contributed by atoms with Crippen LogP contribution in [0, 0.1) is 0 Å². The van der Waals surface area contributed by atoms with Gasteiger partial charge in [-0.1, -0.05) is 237 Å². The maximum atomic E-state index is 12.8. The molecule has 60 heavy (non-hydrogen) atoms. The zero-order valence-electron chi connectivity index (χ0n) is 40.5. The second-order valence-corrected chi connectivity index (χ2v) is 17.8. The van der Waals surface area contributed by atoms with Crippen LogP contribution in [0.5, 0.6) is 0 Å². The number of allylic oxidation sites excluding steroid dienone is 6. The van der Waals surface area contributed by atoms with Gasteiger partial charge in [0.1, 0.15) is 6.61 Å². The summed E-state index contributed by atoms with van der Waals surface area (Å²) >= 11 is 0. The zero-order valence-corrected chi connectivity index (χ0v) is 40.5. The van der Waals surface area contributed by atoms with E-state index in [4.69, 9.17) is 14.2 Å². The molecule has 0 rings (SSSR count). The summed E-state index contributed by atoms with van der Waals surface area (Å²) in [4.78, 5) is 25.3. The fourth-order valence-electron chi connectivity index (χ4n) is 7.65. The first-order valence-corrected chi connectivity index (χ1v) is 26.5. The van der Waals surface area contributed by atoms with Crippen LogP contribution >= 0.6 is 0 Å². The molecule has 1 atom stereocenters. The van der Waals surface area contributed by atoms with Gasteiger partial charge in [0.15, 0.2) is 6.10 Å². The average Bonchev–Trinajstić information content (AvgIpc) is 3.25. The quantitative estimate of drug-likeness (QED) is 0.0347. The molecular weight excluding hydrogens is 741 g/mol. The summed E-state index contributed by atoms with van der Waals surface area (Å²) in [6.45, 7) is 7.75. The first-order chi connectivity index (χ1) is 29.6. The molecule has 0 saturated carbocycles. The van der Waals surface area contributed by atoms with Crippen molar-refractivity contribution in [3.63, 3.8) is 0 Å². The van der Waals surface area contributed by atoms with Crippen LogP contribution in [0.2, 0.25) is 0 Å². The molecule has 5 nitrogen and oxygen atoms in total. The van der Waals surface area contributed by atoms with Gasteiger partial charge in [-0.05, 0) is 64.2 Å². The highest BCUT2D eigenvalue weighted by molar-refractivity contribution is 5.70. The lowest BCUT2D eigenvalue weighted by atomic mass is 10.0. The SMILES string of the molecule is CCC/C=C\C/C=C\CCCCCCCC(=O)OCC(COCCCCCCCCCCCCCCCCCCCCCC)OC(=O)CCCCCCC/C=C\CCCC. The Kier molecular flexibility index (Phi) is 49.9. The van der Waals surface area contributed by atoms with Gasteiger partial charge in [-0.15, -0.1) is 0 Å². The van der Waals surface area contributed by atoms with Gasteiger partial charge in [0, 0.05) is 19.4 Å². The Bertz CT molecular complexity index is 955. The molecule has 0 aromatic rings. The van der Waals surface area contributed by atoms with Crippen molar-refractivity contribution in [2.24, 2.45) is 0 Å². The molecule has 0 aliphatic carbocycles. The topological polar surface area (TPSA) is 61.8 Å². The van der Waals surface area contributed by atoms with E-state index in [1.807, 2.05) is 0 Å². The summed E-state index contributed by atoms with van der Waals surface area (Å²) in [6, 6.07) is 0. The highest BCUT2D eigenvalue weighted by atomic mass is 16.6. The second kappa shape index (κ2) is 51.5. The molecule has 0 aliphatic heterocycles. The molecule has 0 aromatic heterocycles. The molecule has 0 bridgehead atoms. The van der Waals surface area contributed by atoms with Crippen molar-refractivity contribution >= 4 is 11.9 Å². The van der Waals surface area contributed by atoms with Crippen molar-refractivity contribution in [2.45, 2.75) is 284 Å². The molecule has 0 N–H and O–H groups in total. The molecule has 0 heterocycles. The van der Waals surface area contributed by atoms with E-state index in [9.17, 15) is 9.59 Å². The lowest BCUT2D eigenvalue weighted by Gasteiger charge is -2.18. The lowest BCUT2D eigenvalue weighted by molar-refractivity contribution is -0.163. The van der Waals surface area contributed by atoms with Gasteiger partial charge in [-0.2, -0.15) is 0 Å². The predicted molar refractivity (Wildman–Crippen MR) is 261 cm³/mol. The van der Waals surface area contributed by atoms with E-state index in [0.717, 1.165) is 64.2 Å². The number of carbonyl (C=O) groups excluding carboxylic acids is 2. The number of ether oxygens (including phenoxy) is 3. The Morgan fingerprint density at radius 3 is 1.23 bits per heavy atom. The Hall–Kier alpha value is -1.88. The van der Waals surface area contributed by atoms with Crippen molar-refractivity contribution in [1.29, 1.82) is 0 Å². The van der Waals surface area contributed by atoms with Crippen LogP contribution in [-0.4, -0.2) is 37.9 Å². The fourth-order valence-corrected chi connectivity index (χ4v) is 7.65. The van der Waals surface area contributed by atoms with E-state index < -0.39 is 6.10 Å². The molecule has 0 fully saturated rings.